The Labute approximate surface area is 122 Å². The van der Waals surface area contributed by atoms with Crippen molar-refractivity contribution in [3.63, 3.8) is 0 Å². The number of piperidine rings is 1. The second-order valence-corrected chi connectivity index (χ2v) is 5.27. The smallest absolute Gasteiger partial charge is 0.123 e. The number of nitrogens with zero attached hydrogens (tertiary/aromatic N) is 1. The van der Waals surface area contributed by atoms with Crippen LogP contribution in [0, 0.1) is 0 Å². The van der Waals surface area contributed by atoms with Gasteiger partial charge in [0.2, 0.25) is 0 Å². The Morgan fingerprint density at radius 1 is 1.20 bits per heavy atom. The van der Waals surface area contributed by atoms with Crippen LogP contribution in [0.1, 0.15) is 25.3 Å². The molecule has 4 nitrogen and oxygen atoms in total. The highest BCUT2D eigenvalue weighted by molar-refractivity contribution is 5.40. The van der Waals surface area contributed by atoms with E-state index in [1.54, 1.807) is 14.2 Å². The van der Waals surface area contributed by atoms with Crippen LogP contribution in [-0.4, -0.2) is 44.8 Å². The molecule has 0 spiro atoms. The predicted octanol–water partition coefficient (Wildman–Crippen LogP) is 2.28. The fraction of sp³-hybridized carbons (Fsp3) is 0.625. The van der Waals surface area contributed by atoms with Gasteiger partial charge in [0.15, 0.2) is 0 Å². The van der Waals surface area contributed by atoms with Gasteiger partial charge in [0.25, 0.3) is 0 Å². The Kier molecular flexibility index (Phi) is 5.68. The number of hydrogen-bond donors (Lipinski definition) is 1. The number of benzene rings is 1. The molecule has 4 heteroatoms. The normalized spacial score (nSPS) is 17.1. The Hall–Kier alpha value is -1.26. The molecule has 20 heavy (non-hydrogen) atoms. The molecule has 1 N–H and O–H groups in total. The summed E-state index contributed by atoms with van der Waals surface area (Å²) in [5, 5.41) is 3.65. The summed E-state index contributed by atoms with van der Waals surface area (Å²) < 4.78 is 10.7. The maximum Gasteiger partial charge on any atom is 0.123 e. The van der Waals surface area contributed by atoms with Crippen LogP contribution in [-0.2, 0) is 6.54 Å². The molecule has 0 unspecified atom stereocenters. The van der Waals surface area contributed by atoms with E-state index < -0.39 is 0 Å². The molecule has 0 aliphatic carbocycles. The molecule has 2 rings (SSSR count). The number of ether oxygens (including phenoxy) is 2. The minimum absolute atomic E-state index is 0.605. The molecule has 0 atom stereocenters. The van der Waals surface area contributed by atoms with Crippen molar-refractivity contribution in [3.05, 3.63) is 23.8 Å². The van der Waals surface area contributed by atoms with E-state index in [1.165, 1.54) is 25.9 Å². The molecular formula is C16H26N2O2. The number of likely N-dealkylation sites (tertiary alicyclic amines) is 1. The third kappa shape index (κ3) is 3.87. The van der Waals surface area contributed by atoms with Crippen LogP contribution in [0.4, 0.5) is 0 Å². The second-order valence-electron chi connectivity index (χ2n) is 5.27. The van der Waals surface area contributed by atoms with Crippen LogP contribution < -0.4 is 14.8 Å². The number of nitrogens with one attached hydrogen (secondary N) is 1. The van der Waals surface area contributed by atoms with Gasteiger partial charge in [0.1, 0.15) is 11.5 Å². The second kappa shape index (κ2) is 7.50. The molecule has 0 radical (unpaired) electrons. The van der Waals surface area contributed by atoms with E-state index in [1.807, 2.05) is 18.2 Å². The lowest BCUT2D eigenvalue weighted by atomic mass is 10.0. The maximum absolute atomic E-state index is 5.42. The van der Waals surface area contributed by atoms with Gasteiger partial charge in [-0.2, -0.15) is 0 Å². The van der Waals surface area contributed by atoms with Crippen LogP contribution >= 0.6 is 0 Å². The van der Waals surface area contributed by atoms with Crippen LogP contribution in [0.3, 0.4) is 0 Å². The zero-order valence-corrected chi connectivity index (χ0v) is 12.8. The summed E-state index contributed by atoms with van der Waals surface area (Å²) in [6, 6.07) is 6.55. The van der Waals surface area contributed by atoms with Gasteiger partial charge < -0.3 is 19.7 Å². The summed E-state index contributed by atoms with van der Waals surface area (Å²) in [5.74, 6) is 1.80. The molecule has 0 amide bonds. The van der Waals surface area contributed by atoms with Crippen LogP contribution in [0.2, 0.25) is 0 Å². The van der Waals surface area contributed by atoms with Gasteiger partial charge in [-0.15, -0.1) is 0 Å². The molecule has 1 fully saturated rings. The standard InChI is InChI=1S/C16H26N2O2/c1-4-18-9-7-14(8-10-18)17-12-13-11-15(19-2)5-6-16(13)20-3/h5-6,11,14,17H,4,7-10,12H2,1-3H3. The molecule has 112 valence electrons. The van der Waals surface area contributed by atoms with Gasteiger partial charge in [-0.05, 0) is 50.7 Å². The lowest BCUT2D eigenvalue weighted by Gasteiger charge is -2.31. The van der Waals surface area contributed by atoms with Crippen LogP contribution in [0.15, 0.2) is 18.2 Å². The first-order valence-electron chi connectivity index (χ1n) is 7.43. The van der Waals surface area contributed by atoms with Gasteiger partial charge in [0.05, 0.1) is 14.2 Å². The van der Waals surface area contributed by atoms with E-state index in [-0.39, 0.29) is 0 Å². The number of hydrogen-bond acceptors (Lipinski definition) is 4. The molecule has 1 aromatic rings. The molecule has 1 aliphatic heterocycles. The summed E-state index contributed by atoms with van der Waals surface area (Å²) in [6.07, 6.45) is 2.44. The molecule has 0 bridgehead atoms. The van der Waals surface area contributed by atoms with E-state index in [2.05, 4.69) is 17.1 Å². The Morgan fingerprint density at radius 3 is 2.55 bits per heavy atom. The average Bonchev–Trinajstić information content (AvgIpc) is 2.53. The highest BCUT2D eigenvalue weighted by atomic mass is 16.5. The quantitative estimate of drug-likeness (QED) is 0.865. The summed E-state index contributed by atoms with van der Waals surface area (Å²) in [4.78, 5) is 2.50. The highest BCUT2D eigenvalue weighted by Crippen LogP contribution is 2.24. The average molecular weight is 278 g/mol. The first kappa shape index (κ1) is 15.1. The Bertz CT molecular complexity index is 415. The summed E-state index contributed by atoms with van der Waals surface area (Å²) in [5.41, 5.74) is 1.16. The molecule has 0 aromatic heterocycles. The van der Waals surface area contributed by atoms with Crippen molar-refractivity contribution in [2.45, 2.75) is 32.4 Å². The lowest BCUT2D eigenvalue weighted by molar-refractivity contribution is 0.205. The zero-order valence-electron chi connectivity index (χ0n) is 12.8. The minimum atomic E-state index is 0.605. The largest absolute Gasteiger partial charge is 0.497 e. The van der Waals surface area contributed by atoms with Gasteiger partial charge in [-0.1, -0.05) is 6.92 Å². The molecule has 1 saturated heterocycles. The molecular weight excluding hydrogens is 252 g/mol. The number of rotatable bonds is 6. The van der Waals surface area contributed by atoms with Crippen molar-refractivity contribution >= 4 is 0 Å². The third-order valence-corrected chi connectivity index (χ3v) is 4.10. The van der Waals surface area contributed by atoms with E-state index in [0.29, 0.717) is 6.04 Å². The fourth-order valence-electron chi connectivity index (χ4n) is 2.73. The monoisotopic (exact) mass is 278 g/mol. The third-order valence-electron chi connectivity index (χ3n) is 4.10. The fourth-order valence-corrected chi connectivity index (χ4v) is 2.73. The minimum Gasteiger partial charge on any atom is -0.497 e. The van der Waals surface area contributed by atoms with E-state index >= 15 is 0 Å². The zero-order chi connectivity index (χ0) is 14.4. The van der Waals surface area contributed by atoms with Crippen molar-refractivity contribution in [2.75, 3.05) is 33.9 Å². The Morgan fingerprint density at radius 2 is 1.95 bits per heavy atom. The van der Waals surface area contributed by atoms with Gasteiger partial charge >= 0.3 is 0 Å². The lowest BCUT2D eigenvalue weighted by Crippen LogP contribution is -2.42. The first-order chi connectivity index (χ1) is 9.76. The molecule has 1 aliphatic rings. The maximum atomic E-state index is 5.42. The van der Waals surface area contributed by atoms with Crippen molar-refractivity contribution in [3.8, 4) is 11.5 Å². The highest BCUT2D eigenvalue weighted by Gasteiger charge is 2.17. The summed E-state index contributed by atoms with van der Waals surface area (Å²) in [6.45, 7) is 6.62. The van der Waals surface area contributed by atoms with Gasteiger partial charge in [0, 0.05) is 18.2 Å². The number of methoxy groups -OCH3 is 2. The van der Waals surface area contributed by atoms with E-state index in [4.69, 9.17) is 9.47 Å². The summed E-state index contributed by atoms with van der Waals surface area (Å²) in [7, 11) is 3.41. The molecule has 1 aromatic carbocycles. The SMILES string of the molecule is CCN1CCC(NCc2cc(OC)ccc2OC)CC1. The van der Waals surface area contributed by atoms with Crippen LogP contribution in [0.25, 0.3) is 0 Å². The van der Waals surface area contributed by atoms with E-state index in [9.17, 15) is 0 Å². The van der Waals surface area contributed by atoms with Gasteiger partial charge in [-0.25, -0.2) is 0 Å². The van der Waals surface area contributed by atoms with Crippen molar-refractivity contribution < 1.29 is 9.47 Å². The summed E-state index contributed by atoms with van der Waals surface area (Å²) >= 11 is 0. The van der Waals surface area contributed by atoms with Crippen molar-refractivity contribution in [2.24, 2.45) is 0 Å². The first-order valence-corrected chi connectivity index (χ1v) is 7.43. The molecule has 1 heterocycles. The predicted molar refractivity (Wildman–Crippen MR) is 81.5 cm³/mol. The van der Waals surface area contributed by atoms with Gasteiger partial charge in [-0.3, -0.25) is 0 Å². The Balaban J connectivity index is 1.90. The van der Waals surface area contributed by atoms with Crippen molar-refractivity contribution in [1.82, 2.24) is 10.2 Å². The molecule has 0 saturated carbocycles. The van der Waals surface area contributed by atoms with E-state index in [0.717, 1.165) is 30.2 Å². The topological polar surface area (TPSA) is 33.7 Å². The van der Waals surface area contributed by atoms with Crippen LogP contribution in [0.5, 0.6) is 11.5 Å². The van der Waals surface area contributed by atoms with Crippen molar-refractivity contribution in [1.29, 1.82) is 0 Å².